The van der Waals surface area contributed by atoms with Crippen molar-refractivity contribution in [1.29, 1.82) is 0 Å². The van der Waals surface area contributed by atoms with Crippen LogP contribution in [0.15, 0.2) is 170 Å². The van der Waals surface area contributed by atoms with E-state index in [9.17, 15) is 2.74 Å². The first-order valence-electron chi connectivity index (χ1n) is 19.3. The fraction of sp³-hybridized carbons (Fsp3) is 0. The molecule has 0 spiro atoms. The molecule has 0 bridgehead atoms. The van der Waals surface area contributed by atoms with Crippen molar-refractivity contribution in [2.45, 2.75) is 0 Å². The maximum Gasteiger partial charge on any atom is 0.0668 e. The van der Waals surface area contributed by atoms with Gasteiger partial charge in [0.1, 0.15) is 0 Å². The highest BCUT2D eigenvalue weighted by Crippen LogP contribution is 2.40. The lowest BCUT2D eigenvalue weighted by molar-refractivity contribution is 1.16. The summed E-state index contributed by atoms with van der Waals surface area (Å²) in [5.41, 5.74) is 5.16. The summed E-state index contributed by atoms with van der Waals surface area (Å²) in [5.74, 6) is 0. The predicted molar refractivity (Wildman–Crippen MR) is 186 cm³/mol. The van der Waals surface area contributed by atoms with Gasteiger partial charge in [0.05, 0.1) is 35.8 Å². The van der Waals surface area contributed by atoms with Crippen molar-refractivity contribution in [1.82, 2.24) is 9.13 Å². The second-order valence-electron chi connectivity index (χ2n) is 10.6. The molecule has 2 heteroatoms. The molecule has 0 unspecified atom stereocenters. The third-order valence-electron chi connectivity index (χ3n) is 8.13. The Hall–Kier alpha value is -5.86. The molecular formula is C42H28N2. The second kappa shape index (κ2) is 9.86. The topological polar surface area (TPSA) is 9.86 Å². The van der Waals surface area contributed by atoms with Crippen LogP contribution in [0.5, 0.6) is 0 Å². The molecule has 7 aromatic carbocycles. The summed E-state index contributed by atoms with van der Waals surface area (Å²) in [6.07, 6.45) is 0. The van der Waals surface area contributed by atoms with Crippen LogP contribution in [0.3, 0.4) is 0 Å². The van der Waals surface area contributed by atoms with Crippen LogP contribution >= 0.6 is 0 Å². The van der Waals surface area contributed by atoms with Gasteiger partial charge in [0.25, 0.3) is 0 Å². The zero-order valence-electron chi connectivity index (χ0n) is 33.3. The van der Waals surface area contributed by atoms with E-state index in [0.29, 0.717) is 11.4 Å². The minimum Gasteiger partial charge on any atom is -0.309 e. The van der Waals surface area contributed by atoms with Crippen LogP contribution in [0.25, 0.3) is 77.2 Å². The van der Waals surface area contributed by atoms with E-state index < -0.39 is 24.2 Å². The molecule has 0 aliphatic heterocycles. The lowest BCUT2D eigenvalue weighted by Gasteiger charge is -2.12. The van der Waals surface area contributed by atoms with E-state index in [0.717, 1.165) is 22.3 Å². The molecule has 0 amide bonds. The van der Waals surface area contributed by atoms with E-state index in [-0.39, 0.29) is 79.9 Å². The summed E-state index contributed by atoms with van der Waals surface area (Å²) in [5, 5.41) is 0.281. The number of benzene rings is 7. The van der Waals surface area contributed by atoms with Crippen molar-refractivity contribution in [3.05, 3.63) is 170 Å². The van der Waals surface area contributed by atoms with E-state index >= 15 is 0 Å². The average Bonchev–Trinajstić information content (AvgIpc) is 3.77. The largest absolute Gasteiger partial charge is 0.309 e. The van der Waals surface area contributed by atoms with Crippen LogP contribution in [0.1, 0.15) is 13.7 Å². The highest BCUT2D eigenvalue weighted by Gasteiger charge is 2.18. The van der Waals surface area contributed by atoms with Crippen LogP contribution < -0.4 is 0 Å². The number of para-hydroxylation sites is 2. The molecule has 9 rings (SSSR count). The first-order chi connectivity index (χ1) is 26.0. The highest BCUT2D eigenvalue weighted by atomic mass is 15.0. The fourth-order valence-electron chi connectivity index (χ4n) is 6.12. The summed E-state index contributed by atoms with van der Waals surface area (Å²) < 4.78 is 93.9. The van der Waals surface area contributed by atoms with E-state index in [2.05, 4.69) is 0 Å². The Morgan fingerprint density at radius 1 is 0.364 bits per heavy atom. The molecule has 9 aromatic rings. The summed E-state index contributed by atoms with van der Waals surface area (Å²) in [7, 11) is 0. The van der Waals surface area contributed by atoms with E-state index in [1.165, 1.54) is 0 Å². The van der Waals surface area contributed by atoms with E-state index in [4.69, 9.17) is 11.0 Å². The third kappa shape index (κ3) is 3.82. The van der Waals surface area contributed by atoms with Gasteiger partial charge in [0, 0.05) is 32.9 Å². The SMILES string of the molecule is [2H]c1c([2H])c([2H])c2c(c1[2H])c1c([2H])c3c4c([2H])c([2H])c([2H])c([2H])c4n(-c4cccc(-c5ccccc5)c4)c3c([2H])c1n2-c1ccc(-c2ccccc2)cc1. The van der Waals surface area contributed by atoms with E-state index in [1.54, 1.807) is 15.2 Å². The van der Waals surface area contributed by atoms with Crippen molar-refractivity contribution >= 4 is 43.6 Å². The number of nitrogens with zero attached hydrogens (tertiary/aromatic N) is 2. The maximum absolute atomic E-state index is 10.0. The quantitative estimate of drug-likeness (QED) is 0.199. The normalized spacial score (nSPS) is 14.8. The van der Waals surface area contributed by atoms with Gasteiger partial charge in [0.15, 0.2) is 0 Å². The van der Waals surface area contributed by atoms with Crippen molar-refractivity contribution in [3.63, 3.8) is 0 Å². The Kier molecular flexibility index (Phi) is 3.74. The van der Waals surface area contributed by atoms with Crippen LogP contribution in [0.4, 0.5) is 0 Å². The van der Waals surface area contributed by atoms with Gasteiger partial charge in [-0.15, -0.1) is 0 Å². The van der Waals surface area contributed by atoms with Gasteiger partial charge in [0.2, 0.25) is 0 Å². The molecule has 0 aliphatic carbocycles. The van der Waals surface area contributed by atoms with Gasteiger partial charge in [-0.3, -0.25) is 0 Å². The van der Waals surface area contributed by atoms with Crippen LogP contribution in [-0.2, 0) is 0 Å². The van der Waals surface area contributed by atoms with Gasteiger partial charge >= 0.3 is 0 Å². The monoisotopic (exact) mass is 570 g/mol. The number of aromatic nitrogens is 2. The molecule has 0 saturated carbocycles. The van der Waals surface area contributed by atoms with E-state index in [1.807, 2.05) is 103 Å². The summed E-state index contributed by atoms with van der Waals surface area (Å²) in [4.78, 5) is 0. The Labute approximate surface area is 269 Å². The predicted octanol–water partition coefficient (Wildman–Crippen LogP) is 11.2. The molecule has 0 fully saturated rings. The Balaban J connectivity index is 1.50. The van der Waals surface area contributed by atoms with Crippen LogP contribution in [0, 0.1) is 0 Å². The maximum atomic E-state index is 10.0. The summed E-state index contributed by atoms with van der Waals surface area (Å²) in [6, 6.07) is 30.6. The van der Waals surface area contributed by atoms with Gasteiger partial charge in [-0.05, 0) is 70.7 Å². The number of rotatable bonds is 4. The minimum atomic E-state index is -0.488. The first-order valence-corrected chi connectivity index (χ1v) is 14.3. The minimum absolute atomic E-state index is 0.0514. The van der Waals surface area contributed by atoms with Crippen molar-refractivity contribution < 1.29 is 13.7 Å². The summed E-state index contributed by atoms with van der Waals surface area (Å²) >= 11 is 0. The lowest BCUT2D eigenvalue weighted by Crippen LogP contribution is -1.96. The van der Waals surface area contributed by atoms with Crippen molar-refractivity contribution in [3.8, 4) is 33.6 Å². The molecular weight excluding hydrogens is 532 g/mol. The van der Waals surface area contributed by atoms with Gasteiger partial charge < -0.3 is 9.13 Å². The summed E-state index contributed by atoms with van der Waals surface area (Å²) in [6.45, 7) is 0. The molecule has 0 aliphatic rings. The van der Waals surface area contributed by atoms with Crippen molar-refractivity contribution in [2.24, 2.45) is 0 Å². The lowest BCUT2D eigenvalue weighted by atomic mass is 10.1. The smallest absolute Gasteiger partial charge is 0.0668 e. The molecule has 0 atom stereocenters. The molecule has 2 aromatic heterocycles. The molecule has 2 heterocycles. The number of fused-ring (bicyclic) bond motifs is 6. The zero-order chi connectivity index (χ0) is 37.7. The van der Waals surface area contributed by atoms with Crippen LogP contribution in [0.2, 0.25) is 0 Å². The Morgan fingerprint density at radius 2 is 0.864 bits per heavy atom. The van der Waals surface area contributed by atoms with Crippen LogP contribution in [-0.4, -0.2) is 9.13 Å². The molecule has 44 heavy (non-hydrogen) atoms. The average molecular weight is 571 g/mol. The van der Waals surface area contributed by atoms with Gasteiger partial charge in [-0.1, -0.05) is 121 Å². The van der Waals surface area contributed by atoms with Gasteiger partial charge in [-0.2, -0.15) is 0 Å². The molecule has 2 nitrogen and oxygen atoms in total. The second-order valence-corrected chi connectivity index (χ2v) is 10.6. The molecule has 0 saturated heterocycles. The molecule has 0 N–H and O–H groups in total. The third-order valence-corrected chi connectivity index (χ3v) is 8.13. The zero-order valence-corrected chi connectivity index (χ0v) is 23.3. The Bertz CT molecular complexity index is 3020. The number of hydrogen-bond acceptors (Lipinski definition) is 0. The first kappa shape index (κ1) is 16.7. The Morgan fingerprint density at radius 3 is 1.48 bits per heavy atom. The fourth-order valence-corrected chi connectivity index (χ4v) is 6.12. The van der Waals surface area contributed by atoms with Gasteiger partial charge in [-0.25, -0.2) is 0 Å². The number of hydrogen-bond donors (Lipinski definition) is 0. The van der Waals surface area contributed by atoms with Crippen molar-refractivity contribution in [2.75, 3.05) is 0 Å². The standard InChI is InChI=1S/C42H28N2/c1-3-12-29(13-4-1)31-22-24-33(25-23-31)43-39-20-9-7-18-35(39)37-27-38-36-19-8-10-21-40(36)44(42(38)28-41(37)43)34-17-11-16-32(26-34)30-14-5-2-6-15-30/h1-28H/i7D,8D,9D,10D,18D,19D,20D,21D,27D,28D. The molecule has 206 valence electrons. The molecule has 0 radical (unpaired) electrons. The highest BCUT2D eigenvalue weighted by molar-refractivity contribution is 6.19.